The number of benzene rings is 4. The molecular formula is C27H23N5O. The monoisotopic (exact) mass is 433 g/mol. The standard InChI is InChI=1S/C27H23N5O/c1-21(28-22-11-5-2-6-12-22)32(26-15-9-4-10-16-26)27(33)29-23-17-19-25(20-18-23)31-30-24-13-7-3-8-14-24/h2-20H,1H3,(H,29,33). The molecule has 4 aromatic carbocycles. The number of carbonyl (C=O) groups is 1. The van der Waals surface area contributed by atoms with Crippen molar-refractivity contribution in [3.05, 3.63) is 115 Å². The summed E-state index contributed by atoms with van der Waals surface area (Å²) in [6.07, 6.45) is 0. The van der Waals surface area contributed by atoms with Gasteiger partial charge in [-0.15, -0.1) is 0 Å². The van der Waals surface area contributed by atoms with Crippen LogP contribution in [-0.4, -0.2) is 11.9 Å². The van der Waals surface area contributed by atoms with Gasteiger partial charge in [0.15, 0.2) is 0 Å². The van der Waals surface area contributed by atoms with Crippen molar-refractivity contribution in [3.8, 4) is 0 Å². The third kappa shape index (κ3) is 5.98. The highest BCUT2D eigenvalue weighted by Gasteiger charge is 2.19. The van der Waals surface area contributed by atoms with Crippen molar-refractivity contribution in [1.29, 1.82) is 0 Å². The van der Waals surface area contributed by atoms with Crippen LogP contribution in [0.25, 0.3) is 0 Å². The van der Waals surface area contributed by atoms with Gasteiger partial charge in [-0.3, -0.25) is 4.90 Å². The van der Waals surface area contributed by atoms with Crippen LogP contribution in [0, 0.1) is 0 Å². The fourth-order valence-electron chi connectivity index (χ4n) is 3.17. The number of carbonyl (C=O) groups excluding carboxylic acids is 1. The molecule has 1 N–H and O–H groups in total. The number of azo groups is 1. The lowest BCUT2D eigenvalue weighted by Crippen LogP contribution is -2.38. The van der Waals surface area contributed by atoms with Crippen LogP contribution in [0.3, 0.4) is 0 Å². The Morgan fingerprint density at radius 3 is 1.70 bits per heavy atom. The van der Waals surface area contributed by atoms with E-state index in [9.17, 15) is 4.79 Å². The van der Waals surface area contributed by atoms with Crippen LogP contribution >= 0.6 is 0 Å². The van der Waals surface area contributed by atoms with E-state index in [-0.39, 0.29) is 6.03 Å². The normalized spacial score (nSPS) is 11.4. The maximum absolute atomic E-state index is 13.2. The van der Waals surface area contributed by atoms with Gasteiger partial charge in [-0.1, -0.05) is 54.6 Å². The second-order valence-electron chi connectivity index (χ2n) is 7.18. The van der Waals surface area contributed by atoms with Gasteiger partial charge in [0.05, 0.1) is 22.7 Å². The SMILES string of the molecule is CC(=Nc1ccccc1)N(C(=O)Nc1ccc(N=Nc2ccccc2)cc1)c1ccccc1. The molecule has 0 saturated carbocycles. The Morgan fingerprint density at radius 1 is 0.636 bits per heavy atom. The van der Waals surface area contributed by atoms with Gasteiger partial charge < -0.3 is 5.32 Å². The first-order valence-electron chi connectivity index (χ1n) is 10.5. The fourth-order valence-corrected chi connectivity index (χ4v) is 3.17. The minimum absolute atomic E-state index is 0.308. The molecule has 33 heavy (non-hydrogen) atoms. The Morgan fingerprint density at radius 2 is 1.12 bits per heavy atom. The maximum atomic E-state index is 13.2. The third-order valence-electron chi connectivity index (χ3n) is 4.74. The molecule has 162 valence electrons. The Bertz CT molecular complexity index is 1240. The first-order chi connectivity index (χ1) is 16.2. The van der Waals surface area contributed by atoms with E-state index in [1.165, 1.54) is 0 Å². The van der Waals surface area contributed by atoms with Crippen LogP contribution < -0.4 is 10.2 Å². The third-order valence-corrected chi connectivity index (χ3v) is 4.74. The van der Waals surface area contributed by atoms with Gasteiger partial charge in [0, 0.05) is 5.69 Å². The van der Waals surface area contributed by atoms with Crippen molar-refractivity contribution in [2.24, 2.45) is 15.2 Å². The van der Waals surface area contributed by atoms with Crippen molar-refractivity contribution in [1.82, 2.24) is 0 Å². The smallest absolute Gasteiger partial charge is 0.307 e. The molecule has 6 nitrogen and oxygen atoms in total. The first-order valence-corrected chi connectivity index (χ1v) is 10.5. The van der Waals surface area contributed by atoms with E-state index in [4.69, 9.17) is 0 Å². The molecule has 0 unspecified atom stereocenters. The number of anilines is 2. The molecule has 0 atom stereocenters. The molecule has 0 saturated heterocycles. The lowest BCUT2D eigenvalue weighted by atomic mass is 10.2. The highest BCUT2D eigenvalue weighted by atomic mass is 16.2. The van der Waals surface area contributed by atoms with Gasteiger partial charge >= 0.3 is 6.03 Å². The van der Waals surface area contributed by atoms with Gasteiger partial charge in [-0.05, 0) is 67.6 Å². The molecule has 4 aromatic rings. The minimum atomic E-state index is -0.308. The summed E-state index contributed by atoms with van der Waals surface area (Å²) >= 11 is 0. The predicted octanol–water partition coefficient (Wildman–Crippen LogP) is 7.89. The van der Waals surface area contributed by atoms with Crippen LogP contribution in [0.2, 0.25) is 0 Å². The summed E-state index contributed by atoms with van der Waals surface area (Å²) in [7, 11) is 0. The van der Waals surface area contributed by atoms with E-state index >= 15 is 0 Å². The number of amidine groups is 1. The van der Waals surface area contributed by atoms with Gasteiger partial charge in [0.1, 0.15) is 5.84 Å². The number of hydrogen-bond acceptors (Lipinski definition) is 4. The summed E-state index contributed by atoms with van der Waals surface area (Å²) in [6, 6.07) is 35.4. The van der Waals surface area contributed by atoms with E-state index in [0.29, 0.717) is 17.2 Å². The Balaban J connectivity index is 1.52. The lowest BCUT2D eigenvalue weighted by Gasteiger charge is -2.23. The summed E-state index contributed by atoms with van der Waals surface area (Å²) in [6.45, 7) is 1.81. The molecule has 0 aromatic heterocycles. The Labute approximate surface area is 193 Å². The summed E-state index contributed by atoms with van der Waals surface area (Å²) < 4.78 is 0. The lowest BCUT2D eigenvalue weighted by molar-refractivity contribution is 0.259. The van der Waals surface area contributed by atoms with Gasteiger partial charge in [-0.25, -0.2) is 9.79 Å². The van der Waals surface area contributed by atoms with Gasteiger partial charge in [0.25, 0.3) is 0 Å². The summed E-state index contributed by atoms with van der Waals surface area (Å²) in [5.74, 6) is 0.554. The maximum Gasteiger partial charge on any atom is 0.331 e. The van der Waals surface area contributed by atoms with Crippen LogP contribution in [0.1, 0.15) is 6.92 Å². The van der Waals surface area contributed by atoms with Crippen molar-refractivity contribution in [3.63, 3.8) is 0 Å². The van der Waals surface area contributed by atoms with E-state index < -0.39 is 0 Å². The number of nitrogens with zero attached hydrogens (tertiary/aromatic N) is 4. The van der Waals surface area contributed by atoms with Crippen molar-refractivity contribution in [2.45, 2.75) is 6.92 Å². The average Bonchev–Trinajstić information content (AvgIpc) is 2.86. The highest BCUT2D eigenvalue weighted by Crippen LogP contribution is 2.22. The Hall–Kier alpha value is -4.58. The second-order valence-corrected chi connectivity index (χ2v) is 7.18. The van der Waals surface area contributed by atoms with Crippen molar-refractivity contribution in [2.75, 3.05) is 10.2 Å². The number of amides is 2. The topological polar surface area (TPSA) is 69.4 Å². The molecular weight excluding hydrogens is 410 g/mol. The number of hydrogen-bond donors (Lipinski definition) is 1. The molecule has 6 heteroatoms. The molecule has 4 rings (SSSR count). The number of nitrogens with one attached hydrogen (secondary N) is 1. The van der Waals surface area contributed by atoms with Crippen molar-refractivity contribution >= 4 is 40.3 Å². The quantitative estimate of drug-likeness (QED) is 0.194. The van der Waals surface area contributed by atoms with Crippen LogP contribution in [0.5, 0.6) is 0 Å². The number of aliphatic imine (C=N–C) groups is 1. The zero-order valence-electron chi connectivity index (χ0n) is 18.2. The predicted molar refractivity (Wildman–Crippen MR) is 134 cm³/mol. The van der Waals surface area contributed by atoms with E-state index in [1.807, 2.05) is 97.9 Å². The molecule has 0 heterocycles. The second kappa shape index (κ2) is 10.6. The van der Waals surface area contributed by atoms with Crippen LogP contribution in [0.15, 0.2) is 130 Å². The van der Waals surface area contributed by atoms with Crippen LogP contribution in [0.4, 0.5) is 33.2 Å². The van der Waals surface area contributed by atoms with Crippen LogP contribution in [-0.2, 0) is 0 Å². The number of para-hydroxylation sites is 2. The van der Waals surface area contributed by atoms with E-state index in [2.05, 4.69) is 20.5 Å². The van der Waals surface area contributed by atoms with Crippen molar-refractivity contribution < 1.29 is 4.79 Å². The van der Waals surface area contributed by atoms with Gasteiger partial charge in [0.2, 0.25) is 0 Å². The highest BCUT2D eigenvalue weighted by molar-refractivity contribution is 6.20. The number of rotatable bonds is 5. The molecule has 2 amide bonds. The zero-order chi connectivity index (χ0) is 22.9. The molecule has 0 spiro atoms. The molecule has 0 radical (unpaired) electrons. The van der Waals surface area contributed by atoms with E-state index in [0.717, 1.165) is 17.1 Å². The average molecular weight is 434 g/mol. The molecule has 0 fully saturated rings. The molecule has 0 bridgehead atoms. The molecule has 0 aliphatic carbocycles. The zero-order valence-corrected chi connectivity index (χ0v) is 18.2. The van der Waals surface area contributed by atoms with E-state index in [1.54, 1.807) is 29.2 Å². The van der Waals surface area contributed by atoms with Gasteiger partial charge in [-0.2, -0.15) is 10.2 Å². The fraction of sp³-hybridized carbons (Fsp3) is 0.0370. The first kappa shape index (κ1) is 21.6. The summed E-state index contributed by atoms with van der Waals surface area (Å²) in [4.78, 5) is 19.4. The molecule has 0 aliphatic heterocycles. The summed E-state index contributed by atoms with van der Waals surface area (Å²) in [5.41, 5.74) is 3.62. The number of urea groups is 1. The minimum Gasteiger partial charge on any atom is -0.307 e. The molecule has 0 aliphatic rings. The Kier molecular flexibility index (Phi) is 6.98. The summed E-state index contributed by atoms with van der Waals surface area (Å²) in [5, 5.41) is 11.4. The largest absolute Gasteiger partial charge is 0.331 e.